The molecule has 0 fully saturated rings. The summed E-state index contributed by atoms with van der Waals surface area (Å²) >= 11 is 0. The Labute approximate surface area is 99.8 Å². The molecule has 0 saturated carbocycles. The molecule has 0 aromatic heterocycles. The van der Waals surface area contributed by atoms with Crippen molar-refractivity contribution < 1.29 is 23.9 Å². The summed E-state index contributed by atoms with van der Waals surface area (Å²) in [4.78, 5) is 33.8. The summed E-state index contributed by atoms with van der Waals surface area (Å²) in [5.41, 5.74) is 0.248. The number of ether oxygens (including phenoxy) is 2. The molecule has 3 atom stereocenters. The van der Waals surface area contributed by atoms with E-state index in [-0.39, 0.29) is 23.9 Å². The maximum Gasteiger partial charge on any atom is 0.337 e. The third-order valence-electron chi connectivity index (χ3n) is 2.90. The second-order valence-electron chi connectivity index (χ2n) is 4.13. The molecule has 0 saturated heterocycles. The molecule has 0 bridgehead atoms. The number of carbonyl (C=O) groups excluding carboxylic acids is 3. The van der Waals surface area contributed by atoms with E-state index < -0.39 is 17.8 Å². The summed E-state index contributed by atoms with van der Waals surface area (Å²) in [7, 11) is 1.25. The highest BCUT2D eigenvalue weighted by molar-refractivity contribution is 5.91. The fourth-order valence-corrected chi connectivity index (χ4v) is 1.97. The Kier molecular flexibility index (Phi) is 4.43. The van der Waals surface area contributed by atoms with Crippen molar-refractivity contribution in [3.05, 3.63) is 11.8 Å². The van der Waals surface area contributed by atoms with Gasteiger partial charge in [0.2, 0.25) is 0 Å². The Morgan fingerprint density at radius 3 is 2.65 bits per heavy atom. The second kappa shape index (κ2) is 5.61. The number of methoxy groups -OCH3 is 1. The molecule has 0 aromatic carbocycles. The normalized spacial score (nSPS) is 27.7. The van der Waals surface area contributed by atoms with Gasteiger partial charge in [-0.2, -0.15) is 0 Å². The van der Waals surface area contributed by atoms with E-state index in [1.54, 1.807) is 6.92 Å². The lowest BCUT2D eigenvalue weighted by molar-refractivity contribution is -0.138. The SMILES string of the molecule is COC(=O)C1=COC(C)C(C=O)C1CC(C)=O. The first kappa shape index (κ1) is 13.4. The topological polar surface area (TPSA) is 69.7 Å². The van der Waals surface area contributed by atoms with Crippen molar-refractivity contribution in [3.63, 3.8) is 0 Å². The van der Waals surface area contributed by atoms with Crippen molar-refractivity contribution in [1.29, 1.82) is 0 Å². The summed E-state index contributed by atoms with van der Waals surface area (Å²) < 4.78 is 9.84. The van der Waals surface area contributed by atoms with Crippen molar-refractivity contribution in [2.24, 2.45) is 11.8 Å². The van der Waals surface area contributed by atoms with Gasteiger partial charge in [0.1, 0.15) is 18.2 Å². The minimum atomic E-state index is -0.560. The van der Waals surface area contributed by atoms with Crippen molar-refractivity contribution in [3.8, 4) is 0 Å². The average Bonchev–Trinajstić information content (AvgIpc) is 2.28. The van der Waals surface area contributed by atoms with E-state index in [0.29, 0.717) is 0 Å². The van der Waals surface area contributed by atoms with Gasteiger partial charge in [-0.25, -0.2) is 4.79 Å². The molecule has 17 heavy (non-hydrogen) atoms. The molecular formula is C12H16O5. The van der Waals surface area contributed by atoms with Gasteiger partial charge in [0.05, 0.1) is 24.9 Å². The Morgan fingerprint density at radius 1 is 1.53 bits per heavy atom. The summed E-state index contributed by atoms with van der Waals surface area (Å²) in [6, 6.07) is 0. The van der Waals surface area contributed by atoms with Crippen LogP contribution < -0.4 is 0 Å². The second-order valence-corrected chi connectivity index (χ2v) is 4.13. The molecule has 3 unspecified atom stereocenters. The minimum absolute atomic E-state index is 0.0780. The summed E-state index contributed by atoms with van der Waals surface area (Å²) in [5, 5.41) is 0. The Morgan fingerprint density at radius 2 is 2.18 bits per heavy atom. The van der Waals surface area contributed by atoms with E-state index in [0.717, 1.165) is 6.29 Å². The fraction of sp³-hybridized carbons (Fsp3) is 0.583. The average molecular weight is 240 g/mol. The Hall–Kier alpha value is -1.65. The molecule has 94 valence electrons. The number of aldehydes is 1. The predicted molar refractivity (Wildman–Crippen MR) is 59.0 cm³/mol. The smallest absolute Gasteiger partial charge is 0.337 e. The van der Waals surface area contributed by atoms with Gasteiger partial charge in [0, 0.05) is 12.3 Å². The van der Waals surface area contributed by atoms with Crippen LogP contribution in [0.2, 0.25) is 0 Å². The van der Waals surface area contributed by atoms with Gasteiger partial charge in [-0.05, 0) is 13.8 Å². The predicted octanol–water partition coefficient (Wildman–Crippen LogP) is 0.872. The molecule has 1 aliphatic rings. The van der Waals surface area contributed by atoms with Crippen molar-refractivity contribution in [1.82, 2.24) is 0 Å². The van der Waals surface area contributed by atoms with Crippen LogP contribution in [0.15, 0.2) is 11.8 Å². The summed E-state index contributed by atoms with van der Waals surface area (Å²) in [5.74, 6) is -1.60. The number of Topliss-reactive ketones (excluding diaryl/α,β-unsaturated/α-hetero) is 1. The molecule has 0 aromatic rings. The number of carbonyl (C=O) groups is 3. The number of hydrogen-bond donors (Lipinski definition) is 0. The number of hydrogen-bond acceptors (Lipinski definition) is 5. The van der Waals surface area contributed by atoms with Crippen molar-refractivity contribution in [2.45, 2.75) is 26.4 Å². The molecular weight excluding hydrogens is 224 g/mol. The van der Waals surface area contributed by atoms with Crippen LogP contribution in [0.3, 0.4) is 0 Å². The Bertz CT molecular complexity index is 358. The first-order valence-electron chi connectivity index (χ1n) is 5.39. The number of esters is 1. The van der Waals surface area contributed by atoms with E-state index in [4.69, 9.17) is 4.74 Å². The first-order chi connectivity index (χ1) is 8.01. The van der Waals surface area contributed by atoms with Crippen LogP contribution >= 0.6 is 0 Å². The number of ketones is 1. The monoisotopic (exact) mass is 240 g/mol. The van der Waals surface area contributed by atoms with Crippen LogP contribution in [0.1, 0.15) is 20.3 Å². The van der Waals surface area contributed by atoms with Gasteiger partial charge in [-0.1, -0.05) is 0 Å². The van der Waals surface area contributed by atoms with Gasteiger partial charge in [-0.3, -0.25) is 0 Å². The van der Waals surface area contributed by atoms with Crippen molar-refractivity contribution in [2.75, 3.05) is 7.11 Å². The molecule has 1 rings (SSSR count). The van der Waals surface area contributed by atoms with Gasteiger partial charge in [0.15, 0.2) is 0 Å². The van der Waals surface area contributed by atoms with E-state index in [9.17, 15) is 14.4 Å². The molecule has 5 nitrogen and oxygen atoms in total. The highest BCUT2D eigenvalue weighted by Gasteiger charge is 2.38. The number of rotatable bonds is 4. The van der Waals surface area contributed by atoms with Crippen molar-refractivity contribution >= 4 is 18.0 Å². The van der Waals surface area contributed by atoms with Gasteiger partial charge in [0.25, 0.3) is 0 Å². The molecule has 0 spiro atoms. The van der Waals surface area contributed by atoms with Gasteiger partial charge < -0.3 is 19.1 Å². The maximum atomic E-state index is 11.5. The lowest BCUT2D eigenvalue weighted by Gasteiger charge is -2.32. The zero-order valence-corrected chi connectivity index (χ0v) is 10.1. The standard InChI is InChI=1S/C12H16O5/c1-7(14)4-9-10(5-13)8(2)17-6-11(9)12(15)16-3/h5-6,8-10H,4H2,1-3H3. The third-order valence-corrected chi connectivity index (χ3v) is 2.90. The van der Waals surface area contributed by atoms with Crippen LogP contribution in [0.25, 0.3) is 0 Å². The fourth-order valence-electron chi connectivity index (χ4n) is 1.97. The molecule has 0 radical (unpaired) electrons. The third kappa shape index (κ3) is 2.93. The van der Waals surface area contributed by atoms with E-state index in [1.807, 2.05) is 0 Å². The summed E-state index contributed by atoms with van der Waals surface area (Å²) in [6.07, 6.45) is 1.82. The van der Waals surface area contributed by atoms with Gasteiger partial charge in [-0.15, -0.1) is 0 Å². The van der Waals surface area contributed by atoms with E-state index in [2.05, 4.69) is 4.74 Å². The lowest BCUT2D eigenvalue weighted by Crippen LogP contribution is -2.36. The zero-order valence-electron chi connectivity index (χ0n) is 10.1. The first-order valence-corrected chi connectivity index (χ1v) is 5.39. The Balaban J connectivity index is 3.04. The minimum Gasteiger partial charge on any atom is -0.497 e. The molecule has 0 aliphatic carbocycles. The molecule has 0 amide bonds. The van der Waals surface area contributed by atoms with Crippen LogP contribution in [0.4, 0.5) is 0 Å². The van der Waals surface area contributed by atoms with E-state index in [1.165, 1.54) is 20.3 Å². The lowest BCUT2D eigenvalue weighted by atomic mass is 9.79. The van der Waals surface area contributed by atoms with Crippen LogP contribution in [0, 0.1) is 11.8 Å². The molecule has 1 aliphatic heterocycles. The van der Waals surface area contributed by atoms with Crippen LogP contribution in [-0.2, 0) is 23.9 Å². The maximum absolute atomic E-state index is 11.5. The largest absolute Gasteiger partial charge is 0.497 e. The van der Waals surface area contributed by atoms with Gasteiger partial charge >= 0.3 is 5.97 Å². The highest BCUT2D eigenvalue weighted by Crippen LogP contribution is 2.32. The zero-order chi connectivity index (χ0) is 13.0. The molecule has 5 heteroatoms. The highest BCUT2D eigenvalue weighted by atomic mass is 16.5. The van der Waals surface area contributed by atoms with E-state index >= 15 is 0 Å². The quantitative estimate of drug-likeness (QED) is 0.538. The van der Waals surface area contributed by atoms with Crippen LogP contribution in [0.5, 0.6) is 0 Å². The molecule has 1 heterocycles. The van der Waals surface area contributed by atoms with Crippen LogP contribution in [-0.4, -0.2) is 31.3 Å². The summed E-state index contributed by atoms with van der Waals surface area (Å²) in [6.45, 7) is 3.16. The molecule has 0 N–H and O–H groups in total.